The highest BCUT2D eigenvalue weighted by Crippen LogP contribution is 2.28. The van der Waals surface area contributed by atoms with Crippen LogP contribution in [0.4, 0.5) is 0 Å². The van der Waals surface area contributed by atoms with Crippen LogP contribution in [0.5, 0.6) is 0 Å². The number of piperidine rings is 1. The zero-order chi connectivity index (χ0) is 17.2. The number of rotatable bonds is 3. The average molecular weight is 353 g/mol. The van der Waals surface area contributed by atoms with Crippen LogP contribution in [0.15, 0.2) is 42.4 Å². The van der Waals surface area contributed by atoms with Crippen molar-refractivity contribution in [2.75, 3.05) is 13.1 Å². The standard InChI is InChI=1S/C18H19N5OS/c1-22-12-20-10-16(22)15-9-19-8-14(21-15)13-4-2-6-23(11-13)18(24)17-5-3-7-25-17/h3,5,7-10,12-13H,2,4,6,11H2,1H3/t13-/m1/s1. The molecule has 6 nitrogen and oxygen atoms in total. The van der Waals surface area contributed by atoms with Crippen LogP contribution < -0.4 is 0 Å². The molecule has 3 aromatic rings. The summed E-state index contributed by atoms with van der Waals surface area (Å²) in [5.41, 5.74) is 2.71. The van der Waals surface area contributed by atoms with Crippen molar-refractivity contribution in [1.82, 2.24) is 24.4 Å². The molecule has 1 fully saturated rings. The Hall–Kier alpha value is -2.54. The summed E-state index contributed by atoms with van der Waals surface area (Å²) in [6.45, 7) is 1.50. The molecular weight excluding hydrogens is 334 g/mol. The van der Waals surface area contributed by atoms with Crippen LogP contribution in [-0.4, -0.2) is 43.4 Å². The number of thiophene rings is 1. The second kappa shape index (κ2) is 6.76. The third-order valence-corrected chi connectivity index (χ3v) is 5.45. The zero-order valence-corrected chi connectivity index (χ0v) is 14.8. The molecule has 1 amide bonds. The van der Waals surface area contributed by atoms with E-state index in [4.69, 9.17) is 4.98 Å². The summed E-state index contributed by atoms with van der Waals surface area (Å²) >= 11 is 1.50. The Labute approximate surface area is 150 Å². The molecule has 25 heavy (non-hydrogen) atoms. The van der Waals surface area contributed by atoms with Crippen molar-refractivity contribution in [2.45, 2.75) is 18.8 Å². The van der Waals surface area contributed by atoms with Gasteiger partial charge in [0.15, 0.2) is 0 Å². The van der Waals surface area contributed by atoms with Crippen LogP contribution in [0.25, 0.3) is 11.4 Å². The number of carbonyl (C=O) groups excluding carboxylic acids is 1. The van der Waals surface area contributed by atoms with Crippen LogP contribution in [0.3, 0.4) is 0 Å². The second-order valence-electron chi connectivity index (χ2n) is 6.29. The lowest BCUT2D eigenvalue weighted by atomic mass is 9.94. The van der Waals surface area contributed by atoms with Gasteiger partial charge in [0.1, 0.15) is 5.69 Å². The molecule has 0 bridgehead atoms. The van der Waals surface area contributed by atoms with Gasteiger partial charge in [-0.2, -0.15) is 0 Å². The number of likely N-dealkylation sites (tertiary alicyclic amines) is 1. The Morgan fingerprint density at radius 3 is 2.96 bits per heavy atom. The molecule has 1 aliphatic heterocycles. The van der Waals surface area contributed by atoms with Crippen molar-refractivity contribution in [3.63, 3.8) is 0 Å². The fourth-order valence-electron chi connectivity index (χ4n) is 3.26. The van der Waals surface area contributed by atoms with E-state index in [1.54, 1.807) is 18.7 Å². The molecule has 0 aromatic carbocycles. The number of nitrogens with zero attached hydrogens (tertiary/aromatic N) is 5. The van der Waals surface area contributed by atoms with Crippen molar-refractivity contribution >= 4 is 17.2 Å². The number of carbonyl (C=O) groups is 1. The first-order valence-corrected chi connectivity index (χ1v) is 9.22. The van der Waals surface area contributed by atoms with Gasteiger partial charge >= 0.3 is 0 Å². The molecule has 1 saturated heterocycles. The van der Waals surface area contributed by atoms with E-state index in [1.807, 2.05) is 40.2 Å². The molecule has 0 saturated carbocycles. The lowest BCUT2D eigenvalue weighted by molar-refractivity contribution is 0.0711. The van der Waals surface area contributed by atoms with Gasteiger partial charge in [0.25, 0.3) is 5.91 Å². The van der Waals surface area contributed by atoms with Gasteiger partial charge in [0.2, 0.25) is 0 Å². The van der Waals surface area contributed by atoms with Crippen molar-refractivity contribution in [1.29, 1.82) is 0 Å². The zero-order valence-electron chi connectivity index (χ0n) is 14.0. The molecule has 0 aliphatic carbocycles. The normalized spacial score (nSPS) is 17.6. The molecule has 0 spiro atoms. The van der Waals surface area contributed by atoms with Gasteiger partial charge in [-0.1, -0.05) is 6.07 Å². The number of imidazole rings is 1. The first-order chi connectivity index (χ1) is 12.2. The summed E-state index contributed by atoms with van der Waals surface area (Å²) in [7, 11) is 1.94. The predicted octanol–water partition coefficient (Wildman–Crippen LogP) is 2.96. The topological polar surface area (TPSA) is 63.9 Å². The molecule has 0 N–H and O–H groups in total. The van der Waals surface area contributed by atoms with E-state index < -0.39 is 0 Å². The maximum atomic E-state index is 12.6. The van der Waals surface area contributed by atoms with Crippen LogP contribution in [0.1, 0.15) is 34.1 Å². The quantitative estimate of drug-likeness (QED) is 0.726. The van der Waals surface area contributed by atoms with Crippen LogP contribution in [-0.2, 0) is 7.05 Å². The van der Waals surface area contributed by atoms with E-state index in [0.717, 1.165) is 41.3 Å². The van der Waals surface area contributed by atoms with Crippen LogP contribution >= 0.6 is 11.3 Å². The SMILES string of the molecule is Cn1cncc1-c1cncc([C@@H]2CCCN(C(=O)c3cccs3)C2)n1. The van der Waals surface area contributed by atoms with Gasteiger partial charge in [0, 0.05) is 32.3 Å². The number of aromatic nitrogens is 4. The van der Waals surface area contributed by atoms with Gasteiger partial charge in [0.05, 0.1) is 35.0 Å². The van der Waals surface area contributed by atoms with Gasteiger partial charge in [-0.25, -0.2) is 9.97 Å². The average Bonchev–Trinajstić information content (AvgIpc) is 3.33. The summed E-state index contributed by atoms with van der Waals surface area (Å²) in [5.74, 6) is 0.341. The van der Waals surface area contributed by atoms with E-state index >= 15 is 0 Å². The Morgan fingerprint density at radius 2 is 2.20 bits per heavy atom. The number of amides is 1. The Bertz CT molecular complexity index is 873. The monoisotopic (exact) mass is 353 g/mol. The number of hydrogen-bond acceptors (Lipinski definition) is 5. The van der Waals surface area contributed by atoms with Gasteiger partial charge < -0.3 is 9.47 Å². The summed E-state index contributed by atoms with van der Waals surface area (Å²) in [6.07, 6.45) is 9.14. The van der Waals surface area contributed by atoms with E-state index in [9.17, 15) is 4.79 Å². The first-order valence-electron chi connectivity index (χ1n) is 8.34. The number of hydrogen-bond donors (Lipinski definition) is 0. The third-order valence-electron chi connectivity index (χ3n) is 4.59. The molecule has 4 heterocycles. The Morgan fingerprint density at radius 1 is 1.28 bits per heavy atom. The summed E-state index contributed by atoms with van der Waals surface area (Å²) < 4.78 is 1.93. The maximum absolute atomic E-state index is 12.6. The van der Waals surface area contributed by atoms with Crippen LogP contribution in [0.2, 0.25) is 0 Å². The van der Waals surface area contributed by atoms with E-state index in [1.165, 1.54) is 11.3 Å². The smallest absolute Gasteiger partial charge is 0.263 e. The highest BCUT2D eigenvalue weighted by molar-refractivity contribution is 7.12. The molecule has 1 aliphatic rings. The van der Waals surface area contributed by atoms with E-state index in [-0.39, 0.29) is 11.8 Å². The fourth-order valence-corrected chi connectivity index (χ4v) is 3.96. The van der Waals surface area contributed by atoms with Crippen molar-refractivity contribution < 1.29 is 4.79 Å². The summed E-state index contributed by atoms with van der Waals surface area (Å²) in [6, 6.07) is 3.81. The highest BCUT2D eigenvalue weighted by Gasteiger charge is 2.27. The second-order valence-corrected chi connectivity index (χ2v) is 7.23. The molecular formula is C18H19N5OS. The number of aryl methyl sites for hydroxylation is 1. The Kier molecular flexibility index (Phi) is 4.31. The summed E-state index contributed by atoms with van der Waals surface area (Å²) in [5, 5.41) is 1.94. The van der Waals surface area contributed by atoms with Crippen molar-refractivity contribution in [3.8, 4) is 11.4 Å². The predicted molar refractivity (Wildman–Crippen MR) is 96.4 cm³/mol. The molecule has 3 aromatic heterocycles. The minimum atomic E-state index is 0.121. The van der Waals surface area contributed by atoms with E-state index in [2.05, 4.69) is 9.97 Å². The van der Waals surface area contributed by atoms with Crippen molar-refractivity contribution in [2.24, 2.45) is 7.05 Å². The highest BCUT2D eigenvalue weighted by atomic mass is 32.1. The fraction of sp³-hybridized carbons (Fsp3) is 0.333. The minimum Gasteiger partial charge on any atom is -0.337 e. The summed E-state index contributed by atoms with van der Waals surface area (Å²) in [4.78, 5) is 28.7. The lowest BCUT2D eigenvalue weighted by Crippen LogP contribution is -2.39. The molecule has 0 unspecified atom stereocenters. The van der Waals surface area contributed by atoms with Crippen molar-refractivity contribution in [3.05, 3.63) is 53.0 Å². The van der Waals surface area contributed by atoms with Gasteiger partial charge in [-0.15, -0.1) is 11.3 Å². The maximum Gasteiger partial charge on any atom is 0.263 e. The molecule has 0 radical (unpaired) electrons. The third kappa shape index (κ3) is 3.19. The van der Waals surface area contributed by atoms with E-state index in [0.29, 0.717) is 6.54 Å². The van der Waals surface area contributed by atoms with Crippen LogP contribution in [0, 0.1) is 0 Å². The molecule has 128 valence electrons. The minimum absolute atomic E-state index is 0.121. The first kappa shape index (κ1) is 16.0. The largest absolute Gasteiger partial charge is 0.337 e. The Balaban J connectivity index is 1.56. The lowest BCUT2D eigenvalue weighted by Gasteiger charge is -2.32. The molecule has 1 atom stereocenters. The molecule has 7 heteroatoms. The van der Waals surface area contributed by atoms with Gasteiger partial charge in [-0.05, 0) is 24.3 Å². The van der Waals surface area contributed by atoms with Gasteiger partial charge in [-0.3, -0.25) is 9.78 Å². The molecule has 4 rings (SSSR count).